The van der Waals surface area contributed by atoms with Crippen LogP contribution in [0.2, 0.25) is 0 Å². The van der Waals surface area contributed by atoms with E-state index in [1.807, 2.05) is 9.80 Å². The largest absolute Gasteiger partial charge is 0.336 e. The normalized spacial score (nSPS) is 23.1. The molecule has 5 rings (SSSR count). The molecule has 3 amide bonds. The Hall–Kier alpha value is -1.64. The van der Waals surface area contributed by atoms with Crippen molar-refractivity contribution in [3.05, 3.63) is 16.0 Å². The van der Waals surface area contributed by atoms with Gasteiger partial charge in [-0.3, -0.25) is 14.4 Å². The summed E-state index contributed by atoms with van der Waals surface area (Å²) in [7, 11) is 1.70. The standard InChI is InChI=1S/C21H28N4O3S.ClH/c1-23-12-16(26)25(10-13-4-5-13)19-17(18(23)27)14-6-9-24(11-15(14)29-19)20(28)21(22)7-2-3-8-21;/h13H,2-12,22H2,1H3;1H. The third kappa shape index (κ3) is 3.52. The summed E-state index contributed by atoms with van der Waals surface area (Å²) in [5, 5.41) is 0.791. The highest BCUT2D eigenvalue weighted by atomic mass is 35.5. The summed E-state index contributed by atoms with van der Waals surface area (Å²) in [4.78, 5) is 45.3. The minimum Gasteiger partial charge on any atom is -0.336 e. The van der Waals surface area contributed by atoms with Gasteiger partial charge in [0.05, 0.1) is 17.6 Å². The van der Waals surface area contributed by atoms with Crippen molar-refractivity contribution in [1.29, 1.82) is 0 Å². The van der Waals surface area contributed by atoms with Crippen LogP contribution < -0.4 is 10.6 Å². The number of halogens is 1. The average Bonchev–Trinajstić information content (AvgIpc) is 3.31. The average molecular weight is 453 g/mol. The summed E-state index contributed by atoms with van der Waals surface area (Å²) in [5.41, 5.74) is 7.40. The van der Waals surface area contributed by atoms with Crippen LogP contribution in [0, 0.1) is 5.92 Å². The molecule has 3 heterocycles. The first-order valence-corrected chi connectivity index (χ1v) is 11.5. The topological polar surface area (TPSA) is 87.0 Å². The molecule has 9 heteroatoms. The number of likely N-dealkylation sites (N-methyl/N-ethyl adjacent to an activating group) is 1. The Balaban J connectivity index is 0.00000218. The van der Waals surface area contributed by atoms with Gasteiger partial charge < -0.3 is 20.4 Å². The second-order valence-corrected chi connectivity index (χ2v) is 10.2. The molecule has 0 bridgehead atoms. The molecule has 0 aromatic carbocycles. The van der Waals surface area contributed by atoms with Crippen LogP contribution in [-0.4, -0.2) is 59.7 Å². The van der Waals surface area contributed by atoms with Crippen LogP contribution in [0.1, 0.15) is 59.3 Å². The molecular weight excluding hydrogens is 424 g/mol. The Morgan fingerprint density at radius 2 is 1.90 bits per heavy atom. The fourth-order valence-corrected chi connectivity index (χ4v) is 6.30. The van der Waals surface area contributed by atoms with E-state index in [0.717, 1.165) is 54.0 Å². The van der Waals surface area contributed by atoms with Gasteiger partial charge in [0.2, 0.25) is 11.8 Å². The van der Waals surface area contributed by atoms with Crippen LogP contribution in [0.15, 0.2) is 0 Å². The summed E-state index contributed by atoms with van der Waals surface area (Å²) in [6, 6.07) is 0. The number of nitrogens with two attached hydrogens (primary N) is 1. The first-order valence-electron chi connectivity index (χ1n) is 10.7. The molecule has 0 saturated heterocycles. The molecule has 2 N–H and O–H groups in total. The third-order valence-corrected chi connectivity index (χ3v) is 8.10. The maximum atomic E-state index is 13.1. The summed E-state index contributed by atoms with van der Waals surface area (Å²) >= 11 is 1.52. The molecule has 1 aromatic heterocycles. The molecule has 0 unspecified atom stereocenters. The molecule has 30 heavy (non-hydrogen) atoms. The van der Waals surface area contributed by atoms with Gasteiger partial charge in [0.25, 0.3) is 5.91 Å². The monoisotopic (exact) mass is 452 g/mol. The molecule has 7 nitrogen and oxygen atoms in total. The van der Waals surface area contributed by atoms with Crippen molar-refractivity contribution < 1.29 is 14.4 Å². The lowest BCUT2D eigenvalue weighted by atomic mass is 9.95. The summed E-state index contributed by atoms with van der Waals surface area (Å²) < 4.78 is 0. The summed E-state index contributed by atoms with van der Waals surface area (Å²) in [5.74, 6) is 0.500. The van der Waals surface area contributed by atoms with Crippen molar-refractivity contribution in [1.82, 2.24) is 9.80 Å². The Labute approximate surface area is 187 Å². The highest BCUT2D eigenvalue weighted by Crippen LogP contribution is 2.43. The Kier molecular flexibility index (Phi) is 5.61. The van der Waals surface area contributed by atoms with Crippen LogP contribution in [0.4, 0.5) is 5.00 Å². The minimum atomic E-state index is -0.726. The van der Waals surface area contributed by atoms with Crippen molar-refractivity contribution in [3.63, 3.8) is 0 Å². The van der Waals surface area contributed by atoms with Gasteiger partial charge in [-0.25, -0.2) is 0 Å². The second-order valence-electron chi connectivity index (χ2n) is 9.13. The fourth-order valence-electron chi connectivity index (χ4n) is 4.92. The van der Waals surface area contributed by atoms with Crippen LogP contribution >= 0.6 is 23.7 Å². The number of rotatable bonds is 3. The van der Waals surface area contributed by atoms with Crippen LogP contribution in [-0.2, 0) is 22.6 Å². The van der Waals surface area contributed by atoms with Gasteiger partial charge in [-0.1, -0.05) is 12.8 Å². The fraction of sp³-hybridized carbons (Fsp3) is 0.667. The molecular formula is C21H29ClN4O3S. The number of thiophene rings is 1. The van der Waals surface area contributed by atoms with Gasteiger partial charge in [-0.15, -0.1) is 23.7 Å². The van der Waals surface area contributed by atoms with E-state index in [-0.39, 0.29) is 36.7 Å². The number of hydrogen-bond acceptors (Lipinski definition) is 5. The first kappa shape index (κ1) is 21.6. The highest BCUT2D eigenvalue weighted by Gasteiger charge is 2.43. The second kappa shape index (κ2) is 7.80. The van der Waals surface area contributed by atoms with E-state index in [2.05, 4.69) is 0 Å². The van der Waals surface area contributed by atoms with E-state index in [1.165, 1.54) is 16.2 Å². The number of nitrogens with zero attached hydrogens (tertiary/aromatic N) is 3. The van der Waals surface area contributed by atoms with Crippen LogP contribution in [0.25, 0.3) is 0 Å². The molecule has 1 aromatic rings. The number of fused-ring (bicyclic) bond motifs is 3. The Bertz CT molecular complexity index is 891. The molecule has 2 saturated carbocycles. The lowest BCUT2D eigenvalue weighted by Gasteiger charge is -2.34. The van der Waals surface area contributed by atoms with E-state index >= 15 is 0 Å². The minimum absolute atomic E-state index is 0. The zero-order valence-electron chi connectivity index (χ0n) is 17.3. The van der Waals surface area contributed by atoms with Crippen molar-refractivity contribution >= 4 is 46.5 Å². The van der Waals surface area contributed by atoms with Crippen LogP contribution in [0.5, 0.6) is 0 Å². The maximum absolute atomic E-state index is 13.1. The number of anilines is 1. The molecule has 0 spiro atoms. The van der Waals surface area contributed by atoms with Crippen LogP contribution in [0.3, 0.4) is 0 Å². The Morgan fingerprint density at radius 1 is 1.20 bits per heavy atom. The van der Waals surface area contributed by atoms with Crippen molar-refractivity contribution in [3.8, 4) is 0 Å². The highest BCUT2D eigenvalue weighted by molar-refractivity contribution is 7.17. The molecule has 2 aliphatic heterocycles. The zero-order valence-corrected chi connectivity index (χ0v) is 18.9. The molecule has 0 radical (unpaired) electrons. The lowest BCUT2D eigenvalue weighted by Crippen LogP contribution is -2.54. The predicted molar refractivity (Wildman–Crippen MR) is 118 cm³/mol. The maximum Gasteiger partial charge on any atom is 0.257 e. The van der Waals surface area contributed by atoms with Gasteiger partial charge in [-0.2, -0.15) is 0 Å². The van der Waals surface area contributed by atoms with Crippen molar-refractivity contribution in [2.75, 3.05) is 31.6 Å². The molecule has 0 atom stereocenters. The van der Waals surface area contributed by atoms with E-state index in [0.29, 0.717) is 37.5 Å². The quantitative estimate of drug-likeness (QED) is 0.761. The number of carbonyl (C=O) groups is 3. The molecule has 164 valence electrons. The Morgan fingerprint density at radius 3 is 2.57 bits per heavy atom. The van der Waals surface area contributed by atoms with Gasteiger partial charge in [0.1, 0.15) is 11.5 Å². The number of carbonyl (C=O) groups excluding carboxylic acids is 3. The zero-order chi connectivity index (χ0) is 20.3. The van der Waals surface area contributed by atoms with Gasteiger partial charge in [0.15, 0.2) is 0 Å². The smallest absolute Gasteiger partial charge is 0.257 e. The molecule has 4 aliphatic rings. The van der Waals surface area contributed by atoms with Gasteiger partial charge in [0, 0.05) is 25.0 Å². The van der Waals surface area contributed by atoms with Crippen molar-refractivity contribution in [2.24, 2.45) is 11.7 Å². The summed E-state index contributed by atoms with van der Waals surface area (Å²) in [6.07, 6.45) is 6.46. The number of hydrogen-bond donors (Lipinski definition) is 1. The van der Waals surface area contributed by atoms with E-state index in [1.54, 1.807) is 7.05 Å². The van der Waals surface area contributed by atoms with Gasteiger partial charge >= 0.3 is 0 Å². The SMILES string of the molecule is CN1CC(=O)N(CC2CC2)c2sc3c(c2C1=O)CCN(C(=O)C1(N)CCCC1)C3.Cl. The number of amides is 3. The van der Waals surface area contributed by atoms with Gasteiger partial charge in [-0.05, 0) is 43.6 Å². The van der Waals surface area contributed by atoms with E-state index in [4.69, 9.17) is 5.73 Å². The van der Waals surface area contributed by atoms with E-state index in [9.17, 15) is 14.4 Å². The predicted octanol–water partition coefficient (Wildman–Crippen LogP) is 2.15. The lowest BCUT2D eigenvalue weighted by molar-refractivity contribution is -0.137. The molecule has 2 fully saturated rings. The first-order chi connectivity index (χ1) is 13.9. The van der Waals surface area contributed by atoms with Crippen molar-refractivity contribution in [2.45, 2.75) is 57.0 Å². The third-order valence-electron chi connectivity index (χ3n) is 6.86. The summed E-state index contributed by atoms with van der Waals surface area (Å²) in [6.45, 7) is 1.90. The molecule has 2 aliphatic carbocycles. The van der Waals surface area contributed by atoms with E-state index < -0.39 is 5.54 Å².